The second-order valence-corrected chi connectivity index (χ2v) is 7.85. The van der Waals surface area contributed by atoms with Crippen LogP contribution in [0.4, 0.5) is 5.69 Å². The molecule has 2 heterocycles. The molecule has 2 aliphatic heterocycles. The largest absolute Gasteiger partial charge is 0.494 e. The molecule has 0 bridgehead atoms. The van der Waals surface area contributed by atoms with E-state index in [4.69, 9.17) is 9.57 Å². The number of nitrogens with zero attached hydrogens (tertiary/aromatic N) is 2. The van der Waals surface area contributed by atoms with Crippen LogP contribution in [0.2, 0.25) is 0 Å². The molecule has 2 aromatic carbocycles. The van der Waals surface area contributed by atoms with Crippen LogP contribution in [0.1, 0.15) is 43.7 Å². The van der Waals surface area contributed by atoms with Crippen molar-refractivity contribution >= 4 is 29.0 Å². The number of amides is 2. The normalized spacial score (nSPS) is 16.3. The molecule has 1 fully saturated rings. The lowest BCUT2D eigenvalue weighted by atomic mass is 9.99. The highest BCUT2D eigenvalue weighted by Crippen LogP contribution is 2.33. The summed E-state index contributed by atoms with van der Waals surface area (Å²) in [6.45, 7) is 3.06. The molecule has 0 aliphatic carbocycles. The minimum Gasteiger partial charge on any atom is -0.494 e. The van der Waals surface area contributed by atoms with Crippen LogP contribution in [-0.4, -0.2) is 29.5 Å². The van der Waals surface area contributed by atoms with Crippen molar-refractivity contribution in [1.82, 2.24) is 5.06 Å². The molecule has 1 saturated heterocycles. The van der Waals surface area contributed by atoms with Gasteiger partial charge in [0.15, 0.2) is 0 Å². The summed E-state index contributed by atoms with van der Waals surface area (Å²) < 4.78 is 5.80. The quantitative estimate of drug-likeness (QED) is 0.442. The Bertz CT molecular complexity index is 1110. The van der Waals surface area contributed by atoms with Crippen molar-refractivity contribution < 1.29 is 24.0 Å². The number of hydrogen-bond donors (Lipinski definition) is 0. The van der Waals surface area contributed by atoms with E-state index < -0.39 is 17.8 Å². The number of carbonyl (C=O) groups excluding carboxylic acids is 3. The van der Waals surface area contributed by atoms with E-state index in [0.29, 0.717) is 30.4 Å². The number of fused-ring (bicyclic) bond motifs is 1. The van der Waals surface area contributed by atoms with Gasteiger partial charge < -0.3 is 14.5 Å². The lowest BCUT2D eigenvalue weighted by Gasteiger charge is -2.28. The van der Waals surface area contributed by atoms with Crippen molar-refractivity contribution in [1.29, 1.82) is 0 Å². The first-order valence-corrected chi connectivity index (χ1v) is 11.0. The molecule has 7 heteroatoms. The number of ether oxygens (including phenoxy) is 1. The summed E-state index contributed by atoms with van der Waals surface area (Å²) in [5, 5.41) is 0.569. The summed E-state index contributed by atoms with van der Waals surface area (Å²) in [5.74, 6) is -0.856. The second kappa shape index (κ2) is 10.2. The number of allylic oxidation sites excluding steroid dienone is 3. The molecule has 0 unspecified atom stereocenters. The van der Waals surface area contributed by atoms with Gasteiger partial charge >= 0.3 is 5.97 Å². The summed E-state index contributed by atoms with van der Waals surface area (Å²) in [5.41, 5.74) is 4.67. The highest BCUT2D eigenvalue weighted by Gasteiger charge is 2.32. The lowest BCUT2D eigenvalue weighted by Crippen LogP contribution is -2.32. The fourth-order valence-corrected chi connectivity index (χ4v) is 3.84. The van der Waals surface area contributed by atoms with Crippen molar-refractivity contribution in [2.75, 3.05) is 11.5 Å². The average molecular weight is 447 g/mol. The van der Waals surface area contributed by atoms with E-state index in [1.807, 2.05) is 37.3 Å². The standard InChI is InChI=1S/C26H26N2O5/c1-2-20-14-15-27(23-10-4-3-9-22(20)23)18-19-7-5-8-21(17-19)32-16-6-11-26(31)33-28-24(29)12-13-25(28)30/h2-5,7-10,14-15,17H,6,11-13,16,18H2,1H3. The molecular formula is C26H26N2O5. The Labute approximate surface area is 192 Å². The van der Waals surface area contributed by atoms with Gasteiger partial charge in [0, 0.05) is 36.8 Å². The van der Waals surface area contributed by atoms with Gasteiger partial charge in [-0.2, -0.15) is 0 Å². The maximum atomic E-state index is 11.9. The van der Waals surface area contributed by atoms with Gasteiger partial charge in [-0.05, 0) is 48.8 Å². The summed E-state index contributed by atoms with van der Waals surface area (Å²) in [6.07, 6.45) is 6.95. The molecule has 0 spiro atoms. The van der Waals surface area contributed by atoms with Crippen molar-refractivity contribution in [3.05, 3.63) is 78.0 Å². The fourth-order valence-electron chi connectivity index (χ4n) is 3.84. The summed E-state index contributed by atoms with van der Waals surface area (Å²) in [6, 6.07) is 16.2. The van der Waals surface area contributed by atoms with Crippen molar-refractivity contribution in [3.8, 4) is 5.75 Å². The molecule has 2 amide bonds. The number of anilines is 1. The lowest BCUT2D eigenvalue weighted by molar-refractivity contribution is -0.197. The molecule has 0 radical (unpaired) electrons. The summed E-state index contributed by atoms with van der Waals surface area (Å²) in [7, 11) is 0. The zero-order chi connectivity index (χ0) is 23.2. The number of rotatable bonds is 8. The molecule has 2 aromatic rings. The first-order chi connectivity index (χ1) is 16.0. The summed E-state index contributed by atoms with van der Waals surface area (Å²) >= 11 is 0. The first-order valence-electron chi connectivity index (χ1n) is 11.0. The summed E-state index contributed by atoms with van der Waals surface area (Å²) in [4.78, 5) is 42.0. The van der Waals surface area contributed by atoms with Crippen LogP contribution in [0.3, 0.4) is 0 Å². The minimum absolute atomic E-state index is 0.0549. The number of carbonyl (C=O) groups is 3. The van der Waals surface area contributed by atoms with E-state index in [9.17, 15) is 14.4 Å². The maximum absolute atomic E-state index is 11.9. The molecule has 0 aromatic heterocycles. The Morgan fingerprint density at radius 1 is 1.06 bits per heavy atom. The Hall–Kier alpha value is -3.87. The molecule has 170 valence electrons. The van der Waals surface area contributed by atoms with E-state index in [-0.39, 0.29) is 19.3 Å². The molecule has 0 N–H and O–H groups in total. The fraction of sp³-hybridized carbons (Fsp3) is 0.269. The third-order valence-corrected chi connectivity index (χ3v) is 5.51. The number of hydroxylamine groups is 2. The monoisotopic (exact) mass is 446 g/mol. The van der Waals surface area contributed by atoms with Crippen LogP contribution < -0.4 is 9.64 Å². The van der Waals surface area contributed by atoms with E-state index >= 15 is 0 Å². The molecular weight excluding hydrogens is 420 g/mol. The Kier molecular flexibility index (Phi) is 6.88. The van der Waals surface area contributed by atoms with Crippen LogP contribution in [0.25, 0.3) is 5.57 Å². The predicted octanol–water partition coefficient (Wildman–Crippen LogP) is 4.39. The van der Waals surface area contributed by atoms with E-state index in [1.165, 1.54) is 11.1 Å². The molecule has 2 aliphatic rings. The number of imide groups is 1. The topological polar surface area (TPSA) is 76.2 Å². The van der Waals surface area contributed by atoms with E-state index in [1.54, 1.807) is 0 Å². The van der Waals surface area contributed by atoms with E-state index in [0.717, 1.165) is 11.3 Å². The van der Waals surface area contributed by atoms with Gasteiger partial charge in [0.05, 0.1) is 13.0 Å². The van der Waals surface area contributed by atoms with Gasteiger partial charge in [-0.1, -0.05) is 36.4 Å². The maximum Gasteiger partial charge on any atom is 0.333 e. The number of para-hydroxylation sites is 1. The van der Waals surface area contributed by atoms with Crippen LogP contribution in [-0.2, 0) is 25.8 Å². The highest BCUT2D eigenvalue weighted by atomic mass is 16.7. The van der Waals surface area contributed by atoms with Crippen LogP contribution in [0, 0.1) is 0 Å². The van der Waals surface area contributed by atoms with Gasteiger partial charge in [0.1, 0.15) is 5.75 Å². The zero-order valence-electron chi connectivity index (χ0n) is 18.5. The SMILES string of the molecule is CC=C1C=CN(Cc2cccc(OCCCC(=O)ON3C(=O)CCC3=O)c2)c2ccccc21. The first kappa shape index (κ1) is 22.3. The third kappa shape index (κ3) is 5.31. The average Bonchev–Trinajstić information content (AvgIpc) is 3.14. The Balaban J connectivity index is 1.29. The number of benzene rings is 2. The second-order valence-electron chi connectivity index (χ2n) is 7.85. The van der Waals surface area contributed by atoms with Gasteiger partial charge in [-0.15, -0.1) is 5.06 Å². The van der Waals surface area contributed by atoms with Crippen molar-refractivity contribution in [3.63, 3.8) is 0 Å². The molecule has 0 saturated carbocycles. The van der Waals surface area contributed by atoms with Crippen LogP contribution in [0.15, 0.2) is 66.9 Å². The predicted molar refractivity (Wildman–Crippen MR) is 124 cm³/mol. The molecule has 33 heavy (non-hydrogen) atoms. The van der Waals surface area contributed by atoms with Crippen LogP contribution >= 0.6 is 0 Å². The Morgan fingerprint density at radius 2 is 1.85 bits per heavy atom. The number of hydrogen-bond acceptors (Lipinski definition) is 6. The van der Waals surface area contributed by atoms with Gasteiger partial charge in [0.25, 0.3) is 11.8 Å². The minimum atomic E-state index is -0.619. The van der Waals surface area contributed by atoms with Crippen molar-refractivity contribution in [2.45, 2.75) is 39.2 Å². The van der Waals surface area contributed by atoms with Gasteiger partial charge in [-0.25, -0.2) is 4.79 Å². The Morgan fingerprint density at radius 3 is 2.64 bits per heavy atom. The molecule has 4 rings (SSSR count). The molecule has 0 atom stereocenters. The zero-order valence-corrected chi connectivity index (χ0v) is 18.5. The highest BCUT2D eigenvalue weighted by molar-refractivity contribution is 6.01. The molecule has 7 nitrogen and oxygen atoms in total. The van der Waals surface area contributed by atoms with E-state index in [2.05, 4.69) is 41.5 Å². The van der Waals surface area contributed by atoms with Crippen molar-refractivity contribution in [2.24, 2.45) is 0 Å². The van der Waals surface area contributed by atoms with Gasteiger partial charge in [-0.3, -0.25) is 9.59 Å². The van der Waals surface area contributed by atoms with Gasteiger partial charge in [0.2, 0.25) is 0 Å². The van der Waals surface area contributed by atoms with Crippen LogP contribution in [0.5, 0.6) is 5.75 Å². The third-order valence-electron chi connectivity index (χ3n) is 5.51. The smallest absolute Gasteiger partial charge is 0.333 e.